The molecule has 0 aliphatic heterocycles. The number of hydrogen-bond donors (Lipinski definition) is 0. The summed E-state index contributed by atoms with van der Waals surface area (Å²) in [6.07, 6.45) is 0. The van der Waals surface area contributed by atoms with E-state index < -0.39 is 0 Å². The molecule has 1 heterocycles. The molecule has 0 aromatic carbocycles. The van der Waals surface area contributed by atoms with E-state index in [9.17, 15) is 0 Å². The first-order chi connectivity index (χ1) is 6.15. The standard InChI is InChI=1S/C8H15ClN4/c1-7-8(6-9)10-11-13(7)5-4-12(2)3/h4-6H2,1-3H3. The molecule has 5 heteroatoms. The number of nitrogens with zero attached hydrogens (tertiary/aromatic N) is 4. The average molecular weight is 203 g/mol. The van der Waals surface area contributed by atoms with Gasteiger partial charge in [0.05, 0.1) is 18.1 Å². The quantitative estimate of drug-likeness (QED) is 0.680. The molecule has 0 aliphatic rings. The third kappa shape index (κ3) is 2.67. The number of hydrogen-bond acceptors (Lipinski definition) is 3. The molecule has 0 radical (unpaired) electrons. The lowest BCUT2D eigenvalue weighted by Gasteiger charge is -2.09. The van der Waals surface area contributed by atoms with Gasteiger partial charge >= 0.3 is 0 Å². The van der Waals surface area contributed by atoms with Crippen LogP contribution in [0.2, 0.25) is 0 Å². The van der Waals surface area contributed by atoms with Gasteiger partial charge in [-0.25, -0.2) is 4.68 Å². The summed E-state index contributed by atoms with van der Waals surface area (Å²) in [5.74, 6) is 0.438. The lowest BCUT2D eigenvalue weighted by molar-refractivity contribution is 0.368. The zero-order valence-corrected chi connectivity index (χ0v) is 9.04. The minimum absolute atomic E-state index is 0.438. The van der Waals surface area contributed by atoms with Gasteiger partial charge in [0.25, 0.3) is 0 Å². The van der Waals surface area contributed by atoms with Gasteiger partial charge in [0, 0.05) is 6.54 Å². The summed E-state index contributed by atoms with van der Waals surface area (Å²) in [5, 5.41) is 7.99. The van der Waals surface area contributed by atoms with Crippen LogP contribution in [0, 0.1) is 6.92 Å². The fourth-order valence-corrected chi connectivity index (χ4v) is 1.27. The van der Waals surface area contributed by atoms with E-state index >= 15 is 0 Å². The molecule has 0 saturated heterocycles. The van der Waals surface area contributed by atoms with Gasteiger partial charge in [-0.15, -0.1) is 16.7 Å². The van der Waals surface area contributed by atoms with Crippen LogP contribution in [0.15, 0.2) is 0 Å². The van der Waals surface area contributed by atoms with Crippen molar-refractivity contribution in [1.29, 1.82) is 0 Å². The van der Waals surface area contributed by atoms with Crippen molar-refractivity contribution in [2.24, 2.45) is 0 Å². The Morgan fingerprint density at radius 1 is 1.46 bits per heavy atom. The molecule has 0 aliphatic carbocycles. The Bertz CT molecular complexity index is 269. The van der Waals surface area contributed by atoms with E-state index in [1.807, 2.05) is 25.7 Å². The molecule has 0 amide bonds. The van der Waals surface area contributed by atoms with E-state index in [0.29, 0.717) is 5.88 Å². The Morgan fingerprint density at radius 3 is 2.62 bits per heavy atom. The highest BCUT2D eigenvalue weighted by molar-refractivity contribution is 6.16. The summed E-state index contributed by atoms with van der Waals surface area (Å²) >= 11 is 5.68. The van der Waals surface area contributed by atoms with Crippen LogP contribution in [0.4, 0.5) is 0 Å². The van der Waals surface area contributed by atoms with Crippen molar-refractivity contribution in [3.8, 4) is 0 Å². The molecule has 0 spiro atoms. The van der Waals surface area contributed by atoms with Crippen LogP contribution in [0.3, 0.4) is 0 Å². The number of rotatable bonds is 4. The third-order valence-corrected chi connectivity index (χ3v) is 2.22. The number of aromatic nitrogens is 3. The summed E-state index contributed by atoms with van der Waals surface area (Å²) in [4.78, 5) is 2.11. The highest BCUT2D eigenvalue weighted by Crippen LogP contribution is 2.05. The minimum atomic E-state index is 0.438. The van der Waals surface area contributed by atoms with Crippen molar-refractivity contribution < 1.29 is 0 Å². The molecule has 0 atom stereocenters. The predicted molar refractivity (Wildman–Crippen MR) is 52.9 cm³/mol. The van der Waals surface area contributed by atoms with E-state index in [1.165, 1.54) is 0 Å². The molecule has 0 bridgehead atoms. The number of alkyl halides is 1. The van der Waals surface area contributed by atoms with Crippen molar-refractivity contribution in [3.05, 3.63) is 11.4 Å². The van der Waals surface area contributed by atoms with Crippen LogP contribution < -0.4 is 0 Å². The van der Waals surface area contributed by atoms with Crippen molar-refractivity contribution in [1.82, 2.24) is 19.9 Å². The fourth-order valence-electron chi connectivity index (χ4n) is 1.03. The number of halogens is 1. The SMILES string of the molecule is Cc1c(CCl)nnn1CCN(C)C. The maximum Gasteiger partial charge on any atom is 0.100 e. The monoisotopic (exact) mass is 202 g/mol. The minimum Gasteiger partial charge on any atom is -0.308 e. The summed E-state index contributed by atoms with van der Waals surface area (Å²) in [7, 11) is 4.07. The molecule has 74 valence electrons. The number of likely N-dealkylation sites (N-methyl/N-ethyl adjacent to an activating group) is 1. The largest absolute Gasteiger partial charge is 0.308 e. The first-order valence-electron chi connectivity index (χ1n) is 4.24. The van der Waals surface area contributed by atoms with Crippen LogP contribution in [-0.4, -0.2) is 40.5 Å². The molecule has 1 aromatic rings. The molecular formula is C8H15ClN4. The molecule has 0 unspecified atom stereocenters. The Hall–Kier alpha value is -0.610. The van der Waals surface area contributed by atoms with Gasteiger partial charge < -0.3 is 4.90 Å². The summed E-state index contributed by atoms with van der Waals surface area (Å²) in [5.41, 5.74) is 1.94. The Kier molecular flexibility index (Phi) is 3.69. The molecule has 0 N–H and O–H groups in total. The topological polar surface area (TPSA) is 34.0 Å². The molecule has 0 saturated carbocycles. The van der Waals surface area contributed by atoms with Gasteiger partial charge in [-0.3, -0.25) is 0 Å². The molecule has 1 rings (SSSR count). The zero-order chi connectivity index (χ0) is 9.84. The van der Waals surface area contributed by atoms with Gasteiger partial charge in [0.2, 0.25) is 0 Å². The highest BCUT2D eigenvalue weighted by Gasteiger charge is 2.06. The highest BCUT2D eigenvalue weighted by atomic mass is 35.5. The van der Waals surface area contributed by atoms with Gasteiger partial charge in [0.1, 0.15) is 5.69 Å². The normalized spacial score (nSPS) is 11.2. The van der Waals surface area contributed by atoms with E-state index in [1.54, 1.807) is 0 Å². The van der Waals surface area contributed by atoms with Crippen molar-refractivity contribution >= 4 is 11.6 Å². The Morgan fingerprint density at radius 2 is 2.15 bits per heavy atom. The molecule has 0 fully saturated rings. The Labute approximate surface area is 83.5 Å². The molecule has 1 aromatic heterocycles. The average Bonchev–Trinajstić information content (AvgIpc) is 2.43. The van der Waals surface area contributed by atoms with Crippen LogP contribution in [-0.2, 0) is 12.4 Å². The smallest absolute Gasteiger partial charge is 0.100 e. The van der Waals surface area contributed by atoms with Crippen LogP contribution in [0.25, 0.3) is 0 Å². The van der Waals surface area contributed by atoms with Gasteiger partial charge in [-0.2, -0.15) is 0 Å². The van der Waals surface area contributed by atoms with Crippen LogP contribution in [0.1, 0.15) is 11.4 Å². The fraction of sp³-hybridized carbons (Fsp3) is 0.750. The second-order valence-electron chi connectivity index (χ2n) is 3.28. The van der Waals surface area contributed by atoms with Crippen LogP contribution in [0.5, 0.6) is 0 Å². The zero-order valence-electron chi connectivity index (χ0n) is 8.29. The molecule has 13 heavy (non-hydrogen) atoms. The Balaban J connectivity index is 2.62. The van der Waals surface area contributed by atoms with E-state index in [2.05, 4.69) is 15.2 Å². The van der Waals surface area contributed by atoms with Crippen LogP contribution >= 0.6 is 11.6 Å². The van der Waals surface area contributed by atoms with Gasteiger partial charge in [-0.1, -0.05) is 5.21 Å². The molecule has 4 nitrogen and oxygen atoms in total. The first-order valence-corrected chi connectivity index (χ1v) is 4.78. The third-order valence-electron chi connectivity index (χ3n) is 1.96. The molecular weight excluding hydrogens is 188 g/mol. The van der Waals surface area contributed by atoms with Crippen molar-refractivity contribution in [2.75, 3.05) is 20.6 Å². The van der Waals surface area contributed by atoms with E-state index in [4.69, 9.17) is 11.6 Å². The summed E-state index contributed by atoms with van der Waals surface area (Å²) < 4.78 is 1.89. The summed E-state index contributed by atoms with van der Waals surface area (Å²) in [6.45, 7) is 3.82. The first kappa shape index (κ1) is 10.5. The lowest BCUT2D eigenvalue weighted by Crippen LogP contribution is -2.19. The second-order valence-corrected chi connectivity index (χ2v) is 3.55. The van der Waals surface area contributed by atoms with E-state index in [0.717, 1.165) is 24.5 Å². The second kappa shape index (κ2) is 4.58. The predicted octanol–water partition coefficient (Wildman–Crippen LogP) is 0.887. The van der Waals surface area contributed by atoms with Crippen molar-refractivity contribution in [2.45, 2.75) is 19.3 Å². The summed E-state index contributed by atoms with van der Waals surface area (Å²) in [6, 6.07) is 0. The van der Waals surface area contributed by atoms with Gasteiger partial charge in [-0.05, 0) is 21.0 Å². The van der Waals surface area contributed by atoms with Crippen molar-refractivity contribution in [3.63, 3.8) is 0 Å². The lowest BCUT2D eigenvalue weighted by atomic mass is 10.4. The van der Waals surface area contributed by atoms with E-state index in [-0.39, 0.29) is 0 Å². The van der Waals surface area contributed by atoms with Gasteiger partial charge in [0.15, 0.2) is 0 Å². The maximum absolute atomic E-state index is 5.68. The maximum atomic E-state index is 5.68.